The van der Waals surface area contributed by atoms with E-state index in [9.17, 15) is 0 Å². The van der Waals surface area contributed by atoms with Crippen molar-refractivity contribution in [3.05, 3.63) is 41.1 Å². The van der Waals surface area contributed by atoms with Gasteiger partial charge in [-0.25, -0.2) is 0 Å². The zero-order valence-corrected chi connectivity index (χ0v) is 9.97. The highest BCUT2D eigenvalue weighted by molar-refractivity contribution is 8.00. The smallest absolute Gasteiger partial charge is 0.0227 e. The second-order valence-electron chi connectivity index (χ2n) is 3.60. The van der Waals surface area contributed by atoms with Crippen LogP contribution in [0.15, 0.2) is 24.3 Å². The van der Waals surface area contributed by atoms with E-state index in [2.05, 4.69) is 55.9 Å². The van der Waals surface area contributed by atoms with Gasteiger partial charge in [-0.3, -0.25) is 0 Å². The van der Waals surface area contributed by atoms with Gasteiger partial charge in [0.15, 0.2) is 0 Å². The van der Waals surface area contributed by atoms with Crippen molar-refractivity contribution < 1.29 is 0 Å². The van der Waals surface area contributed by atoms with Crippen molar-refractivity contribution in [2.45, 2.75) is 19.2 Å². The molecule has 0 heterocycles. The largest absolute Gasteiger partial charge is 0.305 e. The molecule has 0 atom stereocenters. The van der Waals surface area contributed by atoms with E-state index >= 15 is 0 Å². The Hall–Kier alpha value is -0.470. The average Bonchev–Trinajstić information content (AvgIpc) is 2.14. The number of hydrogen-bond acceptors (Lipinski definition) is 2. The molecule has 1 radical (unpaired) electrons. The number of hydrogen-bond donors (Lipinski definition) is 0. The van der Waals surface area contributed by atoms with Gasteiger partial charge in [-0.05, 0) is 25.2 Å². The van der Waals surface area contributed by atoms with E-state index in [1.807, 2.05) is 11.8 Å². The molecular weight excluding hydrogens is 190 g/mol. The number of rotatable bonds is 5. The summed E-state index contributed by atoms with van der Waals surface area (Å²) in [5, 5.41) is 0. The summed E-state index contributed by atoms with van der Waals surface area (Å²) < 4.78 is 0. The first kappa shape index (κ1) is 11.6. The van der Waals surface area contributed by atoms with Gasteiger partial charge in [0.1, 0.15) is 0 Å². The van der Waals surface area contributed by atoms with Crippen LogP contribution in [0.3, 0.4) is 0 Å². The minimum absolute atomic E-state index is 1.02. The van der Waals surface area contributed by atoms with E-state index in [-0.39, 0.29) is 0 Å². The standard InChI is InChI=1S/C12H18NS/c1-4-14-10-12-7-5-6-11(8-12)9-13(2)3/h4-8H,9-10H2,1-3H3. The number of nitrogens with zero attached hydrogens (tertiary/aromatic N) is 1. The SMILES string of the molecule is C[CH]SCc1cccc(CN(C)C)c1. The minimum Gasteiger partial charge on any atom is -0.305 e. The topological polar surface area (TPSA) is 3.24 Å². The molecule has 0 saturated carbocycles. The highest BCUT2D eigenvalue weighted by Gasteiger charge is 1.97. The molecule has 0 unspecified atom stereocenters. The van der Waals surface area contributed by atoms with E-state index in [1.165, 1.54) is 11.1 Å². The summed E-state index contributed by atoms with van der Waals surface area (Å²) in [5.74, 6) is 3.22. The van der Waals surface area contributed by atoms with Crippen LogP contribution in [-0.2, 0) is 12.3 Å². The van der Waals surface area contributed by atoms with Crippen molar-refractivity contribution >= 4 is 11.8 Å². The van der Waals surface area contributed by atoms with E-state index in [0.717, 1.165) is 12.3 Å². The number of benzene rings is 1. The van der Waals surface area contributed by atoms with Gasteiger partial charge in [0.05, 0.1) is 0 Å². The zero-order chi connectivity index (χ0) is 10.4. The highest BCUT2D eigenvalue weighted by atomic mass is 32.2. The maximum Gasteiger partial charge on any atom is 0.0227 e. The van der Waals surface area contributed by atoms with Gasteiger partial charge >= 0.3 is 0 Å². The van der Waals surface area contributed by atoms with Crippen molar-refractivity contribution in [3.63, 3.8) is 0 Å². The van der Waals surface area contributed by atoms with Crippen LogP contribution in [0.2, 0.25) is 0 Å². The Labute approximate surface area is 91.5 Å². The van der Waals surface area contributed by atoms with Crippen molar-refractivity contribution in [3.8, 4) is 0 Å². The molecule has 0 amide bonds. The summed E-state index contributed by atoms with van der Waals surface area (Å²) in [5.41, 5.74) is 2.80. The lowest BCUT2D eigenvalue weighted by atomic mass is 10.1. The normalized spacial score (nSPS) is 10.9. The van der Waals surface area contributed by atoms with Crippen LogP contribution >= 0.6 is 11.8 Å². The second kappa shape index (κ2) is 6.10. The van der Waals surface area contributed by atoms with E-state index in [0.29, 0.717) is 0 Å². The highest BCUT2D eigenvalue weighted by Crippen LogP contribution is 2.15. The van der Waals surface area contributed by atoms with Gasteiger partial charge in [-0.1, -0.05) is 31.2 Å². The van der Waals surface area contributed by atoms with E-state index in [4.69, 9.17) is 0 Å². The predicted molar refractivity (Wildman–Crippen MR) is 65.1 cm³/mol. The van der Waals surface area contributed by atoms with E-state index < -0.39 is 0 Å². The third kappa shape index (κ3) is 4.16. The second-order valence-corrected chi connectivity index (χ2v) is 4.70. The molecule has 1 nitrogen and oxygen atoms in total. The summed E-state index contributed by atoms with van der Waals surface area (Å²) >= 11 is 1.85. The summed E-state index contributed by atoms with van der Waals surface area (Å²) in [7, 11) is 4.20. The van der Waals surface area contributed by atoms with Crippen LogP contribution in [-0.4, -0.2) is 19.0 Å². The Morgan fingerprint density at radius 3 is 2.64 bits per heavy atom. The zero-order valence-electron chi connectivity index (χ0n) is 9.16. The third-order valence-electron chi connectivity index (χ3n) is 1.91. The molecule has 14 heavy (non-hydrogen) atoms. The molecular formula is C12H18NS. The van der Waals surface area contributed by atoms with Gasteiger partial charge in [0.2, 0.25) is 0 Å². The maximum absolute atomic E-state index is 2.29. The fourth-order valence-corrected chi connectivity index (χ4v) is 1.90. The van der Waals surface area contributed by atoms with Crippen LogP contribution in [0.5, 0.6) is 0 Å². The van der Waals surface area contributed by atoms with Crippen LogP contribution in [0.1, 0.15) is 18.1 Å². The molecule has 0 N–H and O–H groups in total. The summed E-state index contributed by atoms with van der Waals surface area (Å²) in [6.45, 7) is 3.10. The number of thioether (sulfide) groups is 1. The summed E-state index contributed by atoms with van der Waals surface area (Å²) in [6, 6.07) is 8.81. The Kier molecular flexibility index (Phi) is 5.05. The van der Waals surface area contributed by atoms with Gasteiger partial charge in [0, 0.05) is 18.1 Å². The predicted octanol–water partition coefficient (Wildman–Crippen LogP) is 3.16. The van der Waals surface area contributed by atoms with Gasteiger partial charge in [0.25, 0.3) is 0 Å². The molecule has 0 aliphatic heterocycles. The Balaban J connectivity index is 2.59. The summed E-state index contributed by atoms with van der Waals surface area (Å²) in [6.07, 6.45) is 0. The summed E-state index contributed by atoms with van der Waals surface area (Å²) in [4.78, 5) is 2.19. The quantitative estimate of drug-likeness (QED) is 0.731. The average molecular weight is 208 g/mol. The molecule has 1 aromatic rings. The Morgan fingerprint density at radius 1 is 1.29 bits per heavy atom. The van der Waals surface area contributed by atoms with Crippen molar-refractivity contribution in [2.24, 2.45) is 0 Å². The van der Waals surface area contributed by atoms with Crippen LogP contribution in [0.4, 0.5) is 0 Å². The lowest BCUT2D eigenvalue weighted by Gasteiger charge is -2.10. The van der Waals surface area contributed by atoms with Gasteiger partial charge in [-0.2, -0.15) is 11.8 Å². The lowest BCUT2D eigenvalue weighted by Crippen LogP contribution is -2.10. The molecule has 0 saturated heterocycles. The van der Waals surface area contributed by atoms with Gasteiger partial charge < -0.3 is 4.90 Å². The lowest BCUT2D eigenvalue weighted by molar-refractivity contribution is 0.402. The first-order chi connectivity index (χ1) is 6.72. The molecule has 77 valence electrons. The molecule has 0 bridgehead atoms. The minimum atomic E-state index is 1.02. The fraction of sp³-hybridized carbons (Fsp3) is 0.417. The van der Waals surface area contributed by atoms with E-state index in [1.54, 1.807) is 0 Å². The molecule has 2 heteroatoms. The fourth-order valence-electron chi connectivity index (χ4n) is 1.36. The Morgan fingerprint density at radius 2 is 2.00 bits per heavy atom. The maximum atomic E-state index is 2.29. The van der Waals surface area contributed by atoms with Crippen molar-refractivity contribution in [2.75, 3.05) is 14.1 Å². The van der Waals surface area contributed by atoms with Crippen LogP contribution in [0, 0.1) is 5.75 Å². The third-order valence-corrected chi connectivity index (χ3v) is 2.74. The van der Waals surface area contributed by atoms with Crippen molar-refractivity contribution in [1.82, 2.24) is 4.90 Å². The van der Waals surface area contributed by atoms with Crippen LogP contribution < -0.4 is 0 Å². The monoisotopic (exact) mass is 208 g/mol. The van der Waals surface area contributed by atoms with Crippen molar-refractivity contribution in [1.29, 1.82) is 0 Å². The first-order valence-electron chi connectivity index (χ1n) is 4.84. The molecule has 0 aliphatic carbocycles. The molecule has 0 aliphatic rings. The molecule has 0 aromatic heterocycles. The molecule has 0 spiro atoms. The van der Waals surface area contributed by atoms with Gasteiger partial charge in [-0.15, -0.1) is 0 Å². The van der Waals surface area contributed by atoms with Crippen LogP contribution in [0.25, 0.3) is 0 Å². The first-order valence-corrected chi connectivity index (χ1v) is 5.89. The molecule has 1 rings (SSSR count). The molecule has 0 fully saturated rings. The molecule has 1 aromatic carbocycles. The Bertz CT molecular complexity index is 271.